The van der Waals surface area contributed by atoms with E-state index in [4.69, 9.17) is 4.42 Å². The number of hydrogen-bond donors (Lipinski definition) is 0. The molecule has 5 rings (SSSR count). The second-order valence-electron chi connectivity index (χ2n) is 8.51. The topological polar surface area (TPSA) is 58.7 Å². The van der Waals surface area contributed by atoms with E-state index in [9.17, 15) is 9.59 Å². The van der Waals surface area contributed by atoms with Gasteiger partial charge < -0.3 is 13.9 Å². The summed E-state index contributed by atoms with van der Waals surface area (Å²) in [5.74, 6) is 0.295. The molecule has 0 radical (unpaired) electrons. The van der Waals surface area contributed by atoms with Crippen LogP contribution in [-0.2, 0) is 4.79 Å². The average Bonchev–Trinajstić information content (AvgIpc) is 3.53. The Bertz CT molecular complexity index is 1340. The summed E-state index contributed by atoms with van der Waals surface area (Å²) in [5, 5.41) is 0. The molecule has 34 heavy (non-hydrogen) atoms. The van der Waals surface area contributed by atoms with E-state index in [-0.39, 0.29) is 24.4 Å². The van der Waals surface area contributed by atoms with Crippen LogP contribution in [-0.4, -0.2) is 33.9 Å². The Balaban J connectivity index is 1.55. The van der Waals surface area contributed by atoms with Gasteiger partial charge in [0.25, 0.3) is 5.91 Å². The summed E-state index contributed by atoms with van der Waals surface area (Å²) < 4.78 is 8.68. The predicted octanol–water partition coefficient (Wildman–Crippen LogP) is 5.82. The maximum absolute atomic E-state index is 14.0. The van der Waals surface area contributed by atoms with Gasteiger partial charge in [0.15, 0.2) is 0 Å². The number of rotatable bonds is 5. The number of furan rings is 1. The normalized spacial score (nSPS) is 14.6. The van der Waals surface area contributed by atoms with E-state index in [2.05, 4.69) is 20.5 Å². The molecule has 1 unspecified atom stereocenters. The van der Waals surface area contributed by atoms with Gasteiger partial charge in [0.2, 0.25) is 5.91 Å². The monoisotopic (exact) mass is 517 g/mol. The Morgan fingerprint density at radius 1 is 1.00 bits per heavy atom. The van der Waals surface area contributed by atoms with E-state index in [1.54, 1.807) is 28.2 Å². The third-order valence-corrected chi connectivity index (χ3v) is 6.56. The molecule has 0 fully saturated rings. The molecule has 172 valence electrons. The van der Waals surface area contributed by atoms with Crippen molar-refractivity contribution in [3.05, 3.63) is 107 Å². The Morgan fingerprint density at radius 2 is 1.79 bits per heavy atom. The minimum absolute atomic E-state index is 0.0603. The number of amides is 2. The fourth-order valence-corrected chi connectivity index (χ4v) is 4.87. The molecule has 0 spiro atoms. The number of aromatic nitrogens is 1. The first-order chi connectivity index (χ1) is 16.5. The highest BCUT2D eigenvalue weighted by Crippen LogP contribution is 2.42. The van der Waals surface area contributed by atoms with Gasteiger partial charge in [0, 0.05) is 22.3 Å². The quantitative estimate of drug-likeness (QED) is 0.335. The van der Waals surface area contributed by atoms with Crippen molar-refractivity contribution < 1.29 is 14.0 Å². The number of nitrogens with zero attached hydrogens (tertiary/aromatic N) is 3. The smallest absolute Gasteiger partial charge is 0.254 e. The van der Waals surface area contributed by atoms with Crippen molar-refractivity contribution in [3.8, 4) is 5.69 Å². The first-order valence-electron chi connectivity index (χ1n) is 11.1. The molecule has 1 aliphatic rings. The van der Waals surface area contributed by atoms with Crippen molar-refractivity contribution in [1.29, 1.82) is 0 Å². The summed E-state index contributed by atoms with van der Waals surface area (Å²) in [7, 11) is 0. The van der Waals surface area contributed by atoms with Crippen molar-refractivity contribution >= 4 is 33.4 Å². The lowest BCUT2D eigenvalue weighted by atomic mass is 10.0. The SMILES string of the molecule is CC(C)N(CC(=O)N1c2ccccc2-n2cccc2C1c1ccco1)C(=O)c1cccc(Br)c1. The molecule has 0 saturated heterocycles. The molecule has 2 amide bonds. The maximum Gasteiger partial charge on any atom is 0.254 e. The van der Waals surface area contributed by atoms with Crippen LogP contribution in [0.5, 0.6) is 0 Å². The van der Waals surface area contributed by atoms with E-state index >= 15 is 0 Å². The van der Waals surface area contributed by atoms with Crippen LogP contribution in [0.3, 0.4) is 0 Å². The van der Waals surface area contributed by atoms with E-state index in [0.717, 1.165) is 21.5 Å². The van der Waals surface area contributed by atoms with Gasteiger partial charge in [-0.3, -0.25) is 14.5 Å². The average molecular weight is 518 g/mol. The predicted molar refractivity (Wildman–Crippen MR) is 134 cm³/mol. The van der Waals surface area contributed by atoms with Crippen molar-refractivity contribution in [1.82, 2.24) is 9.47 Å². The third-order valence-electron chi connectivity index (χ3n) is 6.06. The van der Waals surface area contributed by atoms with E-state index in [1.165, 1.54) is 0 Å². The second-order valence-corrected chi connectivity index (χ2v) is 9.43. The summed E-state index contributed by atoms with van der Waals surface area (Å²) in [6.07, 6.45) is 3.60. The van der Waals surface area contributed by atoms with Crippen LogP contribution >= 0.6 is 15.9 Å². The molecule has 3 heterocycles. The fraction of sp³-hybridized carbons (Fsp3) is 0.185. The Hall–Kier alpha value is -3.58. The van der Waals surface area contributed by atoms with E-state index in [1.807, 2.05) is 80.7 Å². The van der Waals surface area contributed by atoms with Crippen LogP contribution < -0.4 is 4.90 Å². The standard InChI is InChI=1S/C27H24BrN3O3/c1-18(2)30(27(33)19-8-5-9-20(28)16-19)17-25(32)31-22-11-4-3-10-21(22)29-14-6-12-23(29)26(31)24-13-7-15-34-24/h3-16,18,26H,17H2,1-2H3. The lowest BCUT2D eigenvalue weighted by Gasteiger charge is -2.38. The molecule has 0 bridgehead atoms. The van der Waals surface area contributed by atoms with Crippen molar-refractivity contribution in [2.45, 2.75) is 25.9 Å². The lowest BCUT2D eigenvalue weighted by molar-refractivity contribution is -0.120. The molecule has 0 N–H and O–H groups in total. The number of hydrogen-bond acceptors (Lipinski definition) is 3. The van der Waals surface area contributed by atoms with Gasteiger partial charge in [-0.1, -0.05) is 34.1 Å². The number of para-hydroxylation sites is 2. The third kappa shape index (κ3) is 3.86. The van der Waals surface area contributed by atoms with E-state index in [0.29, 0.717) is 11.3 Å². The first-order valence-corrected chi connectivity index (χ1v) is 11.9. The fourth-order valence-electron chi connectivity index (χ4n) is 4.48. The van der Waals surface area contributed by atoms with Gasteiger partial charge in [-0.2, -0.15) is 0 Å². The van der Waals surface area contributed by atoms with Gasteiger partial charge in [-0.05, 0) is 68.4 Å². The Morgan fingerprint density at radius 3 is 2.50 bits per heavy atom. The molecule has 2 aromatic carbocycles. The molecule has 1 atom stereocenters. The van der Waals surface area contributed by atoms with Crippen LogP contribution in [0, 0.1) is 0 Å². The minimum Gasteiger partial charge on any atom is -0.467 e. The van der Waals surface area contributed by atoms with Crippen LogP contribution in [0.2, 0.25) is 0 Å². The highest BCUT2D eigenvalue weighted by Gasteiger charge is 2.38. The Labute approximate surface area is 206 Å². The maximum atomic E-state index is 14.0. The minimum atomic E-state index is -0.442. The van der Waals surface area contributed by atoms with Gasteiger partial charge in [-0.25, -0.2) is 0 Å². The zero-order valence-electron chi connectivity index (χ0n) is 18.9. The number of anilines is 1. The van der Waals surface area contributed by atoms with Crippen molar-refractivity contribution in [2.75, 3.05) is 11.4 Å². The molecule has 0 aliphatic carbocycles. The number of fused-ring (bicyclic) bond motifs is 3. The van der Waals surface area contributed by atoms with Gasteiger partial charge in [-0.15, -0.1) is 0 Å². The molecule has 6 nitrogen and oxygen atoms in total. The van der Waals surface area contributed by atoms with Crippen molar-refractivity contribution in [3.63, 3.8) is 0 Å². The first kappa shape index (κ1) is 22.2. The zero-order chi connectivity index (χ0) is 23.8. The number of carbonyl (C=O) groups is 2. The molecule has 1 aliphatic heterocycles. The summed E-state index contributed by atoms with van der Waals surface area (Å²) >= 11 is 3.43. The molecule has 2 aromatic heterocycles. The number of halogens is 1. The van der Waals surface area contributed by atoms with Gasteiger partial charge >= 0.3 is 0 Å². The number of carbonyl (C=O) groups excluding carboxylic acids is 2. The highest BCUT2D eigenvalue weighted by molar-refractivity contribution is 9.10. The largest absolute Gasteiger partial charge is 0.467 e. The lowest BCUT2D eigenvalue weighted by Crippen LogP contribution is -2.48. The van der Waals surface area contributed by atoms with E-state index < -0.39 is 6.04 Å². The summed E-state index contributed by atoms with van der Waals surface area (Å²) in [4.78, 5) is 30.7. The molecule has 4 aromatic rings. The van der Waals surface area contributed by atoms with Crippen LogP contribution in [0.4, 0.5) is 5.69 Å². The second kappa shape index (κ2) is 8.99. The molecule has 7 heteroatoms. The zero-order valence-corrected chi connectivity index (χ0v) is 20.5. The van der Waals surface area contributed by atoms with Crippen LogP contribution in [0.15, 0.2) is 94.1 Å². The van der Waals surface area contributed by atoms with Gasteiger partial charge in [0.1, 0.15) is 18.3 Å². The Kier molecular flexibility index (Phi) is 5.87. The molecular weight excluding hydrogens is 494 g/mol. The molecule has 0 saturated carbocycles. The van der Waals surface area contributed by atoms with Crippen LogP contribution in [0.25, 0.3) is 5.69 Å². The van der Waals surface area contributed by atoms with Gasteiger partial charge in [0.05, 0.1) is 23.3 Å². The number of benzene rings is 2. The van der Waals surface area contributed by atoms with Crippen molar-refractivity contribution in [2.24, 2.45) is 0 Å². The highest BCUT2D eigenvalue weighted by atomic mass is 79.9. The summed E-state index contributed by atoms with van der Waals surface area (Å²) in [6, 6.07) is 22.1. The summed E-state index contributed by atoms with van der Waals surface area (Å²) in [6.45, 7) is 3.78. The van der Waals surface area contributed by atoms with Crippen LogP contribution in [0.1, 0.15) is 41.7 Å². The summed E-state index contributed by atoms with van der Waals surface area (Å²) in [5.41, 5.74) is 3.15. The molecular formula is C27H24BrN3O3.